The normalized spacial score (nSPS) is 12.5. The van der Waals surface area contributed by atoms with Crippen molar-refractivity contribution in [3.8, 4) is 28.3 Å². The summed E-state index contributed by atoms with van der Waals surface area (Å²) in [7, 11) is -4.82. The van der Waals surface area contributed by atoms with Crippen molar-refractivity contribution in [2.75, 3.05) is 0 Å². The van der Waals surface area contributed by atoms with Crippen LogP contribution in [-0.2, 0) is 10.2 Å². The number of alkyl halides is 1. The van der Waals surface area contributed by atoms with E-state index >= 15 is 4.39 Å². The summed E-state index contributed by atoms with van der Waals surface area (Å²) in [5.41, 5.74) is 2.02. The van der Waals surface area contributed by atoms with Crippen molar-refractivity contribution in [1.82, 2.24) is 14.4 Å². The molecule has 0 amide bonds. The molecule has 10 heteroatoms. The summed E-state index contributed by atoms with van der Waals surface area (Å²) in [5, 5.41) is 0. The quantitative estimate of drug-likeness (QED) is 0.324. The summed E-state index contributed by atoms with van der Waals surface area (Å²) in [5.74, 6) is -1.07. The SMILES string of the molecule is CC(C)c1nc2cnc(-c3cccc(C(C)(C)F)c3)cn2c1-c1ccc(OP(=O)(O)O)cc1F. The van der Waals surface area contributed by atoms with Crippen molar-refractivity contribution in [2.45, 2.75) is 39.3 Å². The molecule has 0 saturated heterocycles. The zero-order valence-electron chi connectivity index (χ0n) is 19.0. The average molecular weight is 487 g/mol. The highest BCUT2D eigenvalue weighted by Crippen LogP contribution is 2.40. The number of fused-ring (bicyclic) bond motifs is 1. The van der Waals surface area contributed by atoms with Crippen molar-refractivity contribution in [2.24, 2.45) is 0 Å². The standard InChI is InChI=1S/C24H24F2N3O4P/c1-14(2)22-23(18-9-8-17(11-19(18)25)33-34(30,31)32)29-13-20(27-12-21(29)28-22)15-6-5-7-16(10-15)24(3,4)26/h5-14H,1-4H3,(H2,30,31,32). The van der Waals surface area contributed by atoms with Crippen LogP contribution in [0.25, 0.3) is 28.2 Å². The smallest absolute Gasteiger partial charge is 0.404 e. The number of nitrogens with zero attached hydrogens (tertiary/aromatic N) is 3. The topological polar surface area (TPSA) is 97.0 Å². The van der Waals surface area contributed by atoms with E-state index in [2.05, 4.69) is 14.5 Å². The Morgan fingerprint density at radius 1 is 1.15 bits per heavy atom. The highest BCUT2D eigenvalue weighted by molar-refractivity contribution is 7.46. The van der Waals surface area contributed by atoms with Crippen molar-refractivity contribution < 1.29 is 27.7 Å². The maximum absolute atomic E-state index is 15.1. The lowest BCUT2D eigenvalue weighted by Crippen LogP contribution is -2.08. The fraction of sp³-hybridized carbons (Fsp3) is 0.250. The molecule has 0 fully saturated rings. The van der Waals surface area contributed by atoms with Gasteiger partial charge >= 0.3 is 7.82 Å². The lowest BCUT2D eigenvalue weighted by molar-refractivity contribution is 0.221. The van der Waals surface area contributed by atoms with E-state index in [-0.39, 0.29) is 17.2 Å². The lowest BCUT2D eigenvalue weighted by Gasteiger charge is -2.15. The van der Waals surface area contributed by atoms with Gasteiger partial charge in [-0.05, 0) is 43.5 Å². The number of imidazole rings is 1. The summed E-state index contributed by atoms with van der Waals surface area (Å²) in [6.07, 6.45) is 3.29. The van der Waals surface area contributed by atoms with Gasteiger partial charge < -0.3 is 4.52 Å². The molecular formula is C24H24F2N3O4P. The molecule has 0 aliphatic rings. The number of halogens is 2. The van der Waals surface area contributed by atoms with E-state index in [0.717, 1.165) is 6.07 Å². The minimum atomic E-state index is -4.82. The maximum Gasteiger partial charge on any atom is 0.524 e. The van der Waals surface area contributed by atoms with Gasteiger partial charge in [-0.3, -0.25) is 19.2 Å². The molecule has 0 saturated carbocycles. The van der Waals surface area contributed by atoms with Gasteiger partial charge in [0.1, 0.15) is 17.2 Å². The molecule has 0 bridgehead atoms. The van der Waals surface area contributed by atoms with E-state index in [4.69, 9.17) is 9.79 Å². The third-order valence-electron chi connectivity index (χ3n) is 5.35. The summed E-state index contributed by atoms with van der Waals surface area (Å²) in [6, 6.07) is 10.6. The van der Waals surface area contributed by atoms with Crippen LogP contribution in [0.5, 0.6) is 5.75 Å². The van der Waals surface area contributed by atoms with Gasteiger partial charge in [-0.25, -0.2) is 18.3 Å². The van der Waals surface area contributed by atoms with Crippen LogP contribution < -0.4 is 4.52 Å². The Labute approximate surface area is 195 Å². The van der Waals surface area contributed by atoms with E-state index in [1.165, 1.54) is 26.0 Å². The first-order valence-electron chi connectivity index (χ1n) is 10.6. The van der Waals surface area contributed by atoms with E-state index in [0.29, 0.717) is 33.9 Å². The molecule has 0 unspecified atom stereocenters. The van der Waals surface area contributed by atoms with Gasteiger partial charge in [0.05, 0.1) is 23.3 Å². The maximum atomic E-state index is 15.1. The van der Waals surface area contributed by atoms with Crippen LogP contribution in [0.1, 0.15) is 44.9 Å². The molecule has 2 N–H and O–H groups in total. The molecule has 34 heavy (non-hydrogen) atoms. The molecule has 2 aromatic carbocycles. The third-order valence-corrected chi connectivity index (χ3v) is 5.80. The van der Waals surface area contributed by atoms with E-state index < -0.39 is 19.3 Å². The Balaban J connectivity index is 1.89. The number of benzene rings is 2. The number of phosphoric ester groups is 1. The number of hydrogen-bond donors (Lipinski definition) is 2. The second kappa shape index (κ2) is 8.58. The molecule has 0 radical (unpaired) electrons. The third kappa shape index (κ3) is 4.87. The molecule has 2 aromatic heterocycles. The van der Waals surface area contributed by atoms with Gasteiger partial charge in [0.15, 0.2) is 5.65 Å². The fourth-order valence-electron chi connectivity index (χ4n) is 3.72. The Bertz CT molecular complexity index is 1420. The van der Waals surface area contributed by atoms with Crippen LogP contribution in [-0.4, -0.2) is 24.2 Å². The van der Waals surface area contributed by atoms with E-state index in [1.807, 2.05) is 19.9 Å². The molecule has 7 nitrogen and oxygen atoms in total. The first-order chi connectivity index (χ1) is 15.8. The summed E-state index contributed by atoms with van der Waals surface area (Å²) < 4.78 is 46.9. The predicted octanol–water partition coefficient (Wildman–Crippen LogP) is 6.00. The Kier molecular flexibility index (Phi) is 6.06. The predicted molar refractivity (Wildman–Crippen MR) is 125 cm³/mol. The monoisotopic (exact) mass is 487 g/mol. The van der Waals surface area contributed by atoms with Gasteiger partial charge in [-0.15, -0.1) is 0 Å². The Morgan fingerprint density at radius 3 is 2.50 bits per heavy atom. The van der Waals surface area contributed by atoms with Crippen LogP contribution in [0.4, 0.5) is 8.78 Å². The number of hydrogen-bond acceptors (Lipinski definition) is 4. The summed E-state index contributed by atoms with van der Waals surface area (Å²) in [4.78, 5) is 27.1. The van der Waals surface area contributed by atoms with Crippen LogP contribution in [0.2, 0.25) is 0 Å². The second-order valence-electron chi connectivity index (χ2n) is 8.78. The molecule has 0 aliphatic carbocycles. The lowest BCUT2D eigenvalue weighted by atomic mass is 9.97. The highest BCUT2D eigenvalue weighted by atomic mass is 31.2. The van der Waals surface area contributed by atoms with Gasteiger partial charge in [0.25, 0.3) is 0 Å². The van der Waals surface area contributed by atoms with Crippen molar-refractivity contribution in [3.63, 3.8) is 0 Å². The van der Waals surface area contributed by atoms with Gasteiger partial charge in [-0.2, -0.15) is 0 Å². The van der Waals surface area contributed by atoms with Crippen LogP contribution in [0, 0.1) is 5.82 Å². The highest BCUT2D eigenvalue weighted by Gasteiger charge is 2.23. The fourth-order valence-corrected chi connectivity index (χ4v) is 4.11. The summed E-state index contributed by atoms with van der Waals surface area (Å²) >= 11 is 0. The molecule has 178 valence electrons. The van der Waals surface area contributed by atoms with Gasteiger partial charge in [0.2, 0.25) is 0 Å². The zero-order chi connectivity index (χ0) is 24.8. The summed E-state index contributed by atoms with van der Waals surface area (Å²) in [6.45, 7) is 6.81. The molecule has 0 spiro atoms. The molecule has 4 rings (SSSR count). The molecule has 2 heterocycles. The van der Waals surface area contributed by atoms with Gasteiger partial charge in [-0.1, -0.05) is 32.0 Å². The number of phosphoric acid groups is 1. The molecular weight excluding hydrogens is 463 g/mol. The molecule has 4 aromatic rings. The van der Waals surface area contributed by atoms with Crippen molar-refractivity contribution in [1.29, 1.82) is 0 Å². The minimum absolute atomic E-state index is 0.0561. The van der Waals surface area contributed by atoms with Crippen LogP contribution >= 0.6 is 7.82 Å². The number of rotatable bonds is 6. The molecule has 0 atom stereocenters. The van der Waals surface area contributed by atoms with Crippen LogP contribution in [0.3, 0.4) is 0 Å². The Hall–Kier alpha value is -3.13. The first-order valence-corrected chi connectivity index (χ1v) is 12.1. The van der Waals surface area contributed by atoms with Crippen LogP contribution in [0.15, 0.2) is 54.9 Å². The zero-order valence-corrected chi connectivity index (χ0v) is 19.9. The Morgan fingerprint density at radius 2 is 1.88 bits per heavy atom. The average Bonchev–Trinajstić information content (AvgIpc) is 3.11. The molecule has 0 aliphatic heterocycles. The van der Waals surface area contributed by atoms with E-state index in [9.17, 15) is 8.96 Å². The van der Waals surface area contributed by atoms with Crippen molar-refractivity contribution in [3.05, 3.63) is 71.9 Å². The minimum Gasteiger partial charge on any atom is -0.404 e. The number of aromatic nitrogens is 3. The van der Waals surface area contributed by atoms with Gasteiger partial charge in [0, 0.05) is 23.4 Å². The largest absolute Gasteiger partial charge is 0.524 e. The van der Waals surface area contributed by atoms with Crippen molar-refractivity contribution >= 4 is 13.5 Å². The first kappa shape index (κ1) is 24.0. The van der Waals surface area contributed by atoms with E-state index in [1.54, 1.807) is 35.0 Å². The second-order valence-corrected chi connectivity index (χ2v) is 9.94.